The number of nitrogens with one attached hydrogen (secondary N) is 1. The zero-order valence-corrected chi connectivity index (χ0v) is 16.6. The van der Waals surface area contributed by atoms with Crippen molar-refractivity contribution in [3.63, 3.8) is 0 Å². The van der Waals surface area contributed by atoms with Crippen molar-refractivity contribution in [1.29, 1.82) is 0 Å². The number of thioether (sulfide) groups is 1. The average molecular weight is 376 g/mol. The van der Waals surface area contributed by atoms with Gasteiger partial charge in [-0.3, -0.25) is 4.79 Å². The van der Waals surface area contributed by atoms with Gasteiger partial charge in [0.2, 0.25) is 5.91 Å². The molecule has 0 saturated carbocycles. The highest BCUT2D eigenvalue weighted by Crippen LogP contribution is 2.16. The molecule has 1 heterocycles. The Kier molecular flexibility index (Phi) is 8.12. The quantitative estimate of drug-likeness (QED) is 0.491. The molecule has 0 aliphatic heterocycles. The van der Waals surface area contributed by atoms with Crippen molar-refractivity contribution in [3.8, 4) is 0 Å². The second-order valence-corrected chi connectivity index (χ2v) is 7.57. The van der Waals surface area contributed by atoms with Gasteiger partial charge in [0.15, 0.2) is 5.16 Å². The molecule has 0 bridgehead atoms. The summed E-state index contributed by atoms with van der Waals surface area (Å²) < 4.78 is 2.18. The molecule has 1 amide bonds. The molecule has 3 N–H and O–H groups in total. The third-order valence-electron chi connectivity index (χ3n) is 4.04. The maximum atomic E-state index is 12.1. The third-order valence-corrected chi connectivity index (χ3v) is 4.70. The summed E-state index contributed by atoms with van der Waals surface area (Å²) in [7, 11) is 0. The Bertz CT molecular complexity index is 686. The number of aromatic nitrogens is 3. The first-order valence-corrected chi connectivity index (χ1v) is 10.3. The Morgan fingerprint density at radius 2 is 2.00 bits per heavy atom. The summed E-state index contributed by atoms with van der Waals surface area (Å²) in [6.45, 7) is 5.86. The second-order valence-electron chi connectivity index (χ2n) is 6.80. The van der Waals surface area contributed by atoms with Gasteiger partial charge in [-0.2, -0.15) is 0 Å². The van der Waals surface area contributed by atoms with Gasteiger partial charge in [0.05, 0.1) is 6.04 Å². The van der Waals surface area contributed by atoms with E-state index in [-0.39, 0.29) is 5.91 Å². The Labute approximate surface area is 160 Å². The molecule has 6 nitrogen and oxygen atoms in total. The highest BCUT2D eigenvalue weighted by molar-refractivity contribution is 7.98. The first kappa shape index (κ1) is 20.5. The van der Waals surface area contributed by atoms with Crippen molar-refractivity contribution in [1.82, 2.24) is 20.1 Å². The van der Waals surface area contributed by atoms with Gasteiger partial charge in [0, 0.05) is 19.5 Å². The van der Waals surface area contributed by atoms with E-state index in [4.69, 9.17) is 5.73 Å². The van der Waals surface area contributed by atoms with Crippen LogP contribution in [0.2, 0.25) is 0 Å². The fourth-order valence-electron chi connectivity index (χ4n) is 2.75. The van der Waals surface area contributed by atoms with Crippen LogP contribution in [0.3, 0.4) is 0 Å². The van der Waals surface area contributed by atoms with E-state index < -0.39 is 6.04 Å². The summed E-state index contributed by atoms with van der Waals surface area (Å²) >= 11 is 1.61. The van der Waals surface area contributed by atoms with Crippen LogP contribution in [0.4, 0.5) is 0 Å². The van der Waals surface area contributed by atoms with Gasteiger partial charge in [-0.25, -0.2) is 0 Å². The van der Waals surface area contributed by atoms with E-state index in [2.05, 4.69) is 33.9 Å². The molecule has 0 spiro atoms. The highest BCUT2D eigenvalue weighted by Gasteiger charge is 2.15. The molecule has 1 aromatic carbocycles. The van der Waals surface area contributed by atoms with Gasteiger partial charge in [-0.05, 0) is 30.6 Å². The van der Waals surface area contributed by atoms with Crippen LogP contribution in [0, 0.1) is 5.92 Å². The lowest BCUT2D eigenvalue weighted by Crippen LogP contribution is -2.42. The molecule has 2 rings (SSSR count). The maximum Gasteiger partial charge on any atom is 0.237 e. The maximum absolute atomic E-state index is 12.1. The predicted octanol–water partition coefficient (Wildman–Crippen LogP) is 2.27. The predicted molar refractivity (Wildman–Crippen MR) is 106 cm³/mol. The lowest BCUT2D eigenvalue weighted by atomic mass is 10.1. The standard InChI is InChI=1S/C19H29N5OS/c1-14(2)13-24-17(22-23-19(24)26-3)10-7-11-21-18(25)16(20)12-15-8-5-4-6-9-15/h4-6,8-9,14,16H,7,10-13,20H2,1-3H3,(H,21,25)/t16-/m0/s1. The fraction of sp³-hybridized carbons (Fsp3) is 0.526. The monoisotopic (exact) mass is 375 g/mol. The lowest BCUT2D eigenvalue weighted by molar-refractivity contribution is -0.122. The van der Waals surface area contributed by atoms with Crippen molar-refractivity contribution in [3.05, 3.63) is 41.7 Å². The molecular weight excluding hydrogens is 346 g/mol. The van der Waals surface area contributed by atoms with Gasteiger partial charge in [0.1, 0.15) is 5.82 Å². The van der Waals surface area contributed by atoms with Crippen molar-refractivity contribution < 1.29 is 4.79 Å². The Balaban J connectivity index is 1.78. The van der Waals surface area contributed by atoms with Crippen LogP contribution in [0.5, 0.6) is 0 Å². The van der Waals surface area contributed by atoms with Crippen LogP contribution < -0.4 is 11.1 Å². The summed E-state index contributed by atoms with van der Waals surface area (Å²) in [5.74, 6) is 1.40. The Morgan fingerprint density at radius 3 is 2.65 bits per heavy atom. The number of amides is 1. The number of aryl methyl sites for hydroxylation is 1. The Morgan fingerprint density at radius 1 is 1.27 bits per heavy atom. The van der Waals surface area contributed by atoms with E-state index in [1.165, 1.54) is 0 Å². The SMILES string of the molecule is CSc1nnc(CCCNC(=O)[C@@H](N)Cc2ccccc2)n1CC(C)C. The number of carbonyl (C=O) groups excluding carboxylic acids is 1. The topological polar surface area (TPSA) is 85.8 Å². The van der Waals surface area contributed by atoms with Gasteiger partial charge in [0.25, 0.3) is 0 Å². The van der Waals surface area contributed by atoms with Crippen LogP contribution in [0.15, 0.2) is 35.5 Å². The van der Waals surface area contributed by atoms with E-state index in [0.29, 0.717) is 18.9 Å². The van der Waals surface area contributed by atoms with Crippen molar-refractivity contribution in [2.75, 3.05) is 12.8 Å². The molecule has 0 radical (unpaired) electrons. The largest absolute Gasteiger partial charge is 0.355 e. The molecule has 142 valence electrons. The highest BCUT2D eigenvalue weighted by atomic mass is 32.2. The van der Waals surface area contributed by atoms with Crippen LogP contribution in [0.25, 0.3) is 0 Å². The van der Waals surface area contributed by atoms with E-state index in [1.807, 2.05) is 36.6 Å². The number of benzene rings is 1. The molecular formula is C19H29N5OS. The van der Waals surface area contributed by atoms with Gasteiger partial charge >= 0.3 is 0 Å². The van der Waals surface area contributed by atoms with E-state index in [0.717, 1.165) is 35.9 Å². The average Bonchev–Trinajstić information content (AvgIpc) is 3.00. The van der Waals surface area contributed by atoms with E-state index in [1.54, 1.807) is 11.8 Å². The molecule has 0 fully saturated rings. The molecule has 1 atom stereocenters. The normalized spacial score (nSPS) is 12.3. The van der Waals surface area contributed by atoms with E-state index >= 15 is 0 Å². The molecule has 26 heavy (non-hydrogen) atoms. The summed E-state index contributed by atoms with van der Waals surface area (Å²) in [6.07, 6.45) is 4.16. The molecule has 0 saturated heterocycles. The third kappa shape index (κ3) is 6.14. The zero-order chi connectivity index (χ0) is 18.9. The first-order chi connectivity index (χ1) is 12.5. The number of rotatable bonds is 10. The molecule has 1 aromatic heterocycles. The Hall–Kier alpha value is -1.86. The smallest absolute Gasteiger partial charge is 0.237 e. The van der Waals surface area contributed by atoms with Crippen LogP contribution in [0.1, 0.15) is 31.7 Å². The lowest BCUT2D eigenvalue weighted by Gasteiger charge is -2.13. The number of carbonyl (C=O) groups is 1. The minimum atomic E-state index is -0.523. The number of nitrogens with two attached hydrogens (primary N) is 1. The molecule has 0 aliphatic carbocycles. The number of nitrogens with zero attached hydrogens (tertiary/aromatic N) is 3. The zero-order valence-electron chi connectivity index (χ0n) is 15.8. The second kappa shape index (κ2) is 10.3. The molecule has 0 unspecified atom stereocenters. The van der Waals surface area contributed by atoms with Gasteiger partial charge in [-0.1, -0.05) is 55.9 Å². The van der Waals surface area contributed by atoms with Crippen LogP contribution in [-0.4, -0.2) is 39.5 Å². The number of hydrogen-bond donors (Lipinski definition) is 2. The minimum absolute atomic E-state index is 0.109. The van der Waals surface area contributed by atoms with Crippen molar-refractivity contribution >= 4 is 17.7 Å². The van der Waals surface area contributed by atoms with Crippen LogP contribution >= 0.6 is 11.8 Å². The molecule has 7 heteroatoms. The number of hydrogen-bond acceptors (Lipinski definition) is 5. The summed E-state index contributed by atoms with van der Waals surface area (Å²) in [4.78, 5) is 12.1. The molecule has 2 aromatic rings. The first-order valence-electron chi connectivity index (χ1n) is 9.04. The van der Waals surface area contributed by atoms with Crippen molar-refractivity contribution in [2.24, 2.45) is 11.7 Å². The van der Waals surface area contributed by atoms with Crippen molar-refractivity contribution in [2.45, 2.75) is 50.9 Å². The minimum Gasteiger partial charge on any atom is -0.355 e. The van der Waals surface area contributed by atoms with Gasteiger partial charge in [-0.15, -0.1) is 10.2 Å². The summed E-state index contributed by atoms with van der Waals surface area (Å²) in [5.41, 5.74) is 7.07. The fourth-order valence-corrected chi connectivity index (χ4v) is 3.28. The summed E-state index contributed by atoms with van der Waals surface area (Å²) in [5, 5.41) is 12.4. The van der Waals surface area contributed by atoms with Gasteiger partial charge < -0.3 is 15.6 Å². The summed E-state index contributed by atoms with van der Waals surface area (Å²) in [6, 6.07) is 9.31. The van der Waals surface area contributed by atoms with Crippen LogP contribution in [-0.2, 0) is 24.2 Å². The molecule has 0 aliphatic rings. The van der Waals surface area contributed by atoms with E-state index in [9.17, 15) is 4.79 Å².